The second kappa shape index (κ2) is 8.27. The van der Waals surface area contributed by atoms with Crippen LogP contribution in [0.15, 0.2) is 24.3 Å². The third-order valence-corrected chi connectivity index (χ3v) is 7.40. The average molecular weight is 370 g/mol. The third kappa shape index (κ3) is 5.59. The van der Waals surface area contributed by atoms with Gasteiger partial charge >= 0.3 is 0 Å². The van der Waals surface area contributed by atoms with Crippen LogP contribution in [0.4, 0.5) is 0 Å². The zero-order valence-corrected chi connectivity index (χ0v) is 18.8. The molecule has 152 valence electrons. The normalized spacial score (nSPS) is 30.3. The Labute approximate surface area is 168 Å². The summed E-state index contributed by atoms with van der Waals surface area (Å²) in [5.74, 6) is 1.69. The highest BCUT2D eigenvalue weighted by atomic mass is 15.0. The summed E-state index contributed by atoms with van der Waals surface area (Å²) < 4.78 is 0. The predicted molar refractivity (Wildman–Crippen MR) is 118 cm³/mol. The first kappa shape index (κ1) is 20.9. The van der Waals surface area contributed by atoms with Gasteiger partial charge in [-0.2, -0.15) is 0 Å². The summed E-state index contributed by atoms with van der Waals surface area (Å²) in [4.78, 5) is 0. The molecule has 0 heterocycles. The van der Waals surface area contributed by atoms with E-state index < -0.39 is 0 Å². The van der Waals surface area contributed by atoms with Crippen LogP contribution in [-0.2, 0) is 5.41 Å². The summed E-state index contributed by atoms with van der Waals surface area (Å²) in [5, 5.41) is 4.03. The number of rotatable bonds is 3. The van der Waals surface area contributed by atoms with Crippen LogP contribution in [-0.4, -0.2) is 12.1 Å². The SMILES string of the molecule is CC(C)(C)c1ccc([C@H]2CC[C@H](N[C@H]3CC[C@H](C(C)(C)C)CC3)CC2)cc1. The number of hydrogen-bond acceptors (Lipinski definition) is 1. The van der Waals surface area contributed by atoms with E-state index in [0.29, 0.717) is 5.41 Å². The summed E-state index contributed by atoms with van der Waals surface area (Å²) in [6.45, 7) is 14.2. The van der Waals surface area contributed by atoms with Gasteiger partial charge in [-0.15, -0.1) is 0 Å². The van der Waals surface area contributed by atoms with Crippen LogP contribution in [0.5, 0.6) is 0 Å². The van der Waals surface area contributed by atoms with Crippen LogP contribution < -0.4 is 5.32 Å². The molecular formula is C26H43N. The van der Waals surface area contributed by atoms with Crippen LogP contribution in [0.1, 0.15) is 110 Å². The molecule has 0 radical (unpaired) electrons. The molecule has 0 atom stereocenters. The monoisotopic (exact) mass is 369 g/mol. The van der Waals surface area contributed by atoms with Gasteiger partial charge in [-0.05, 0) is 85.2 Å². The number of benzene rings is 1. The summed E-state index contributed by atoms with van der Waals surface area (Å²) in [6, 6.07) is 11.0. The van der Waals surface area contributed by atoms with Crippen LogP contribution in [0.2, 0.25) is 0 Å². The molecule has 2 aliphatic carbocycles. The van der Waals surface area contributed by atoms with Crippen molar-refractivity contribution in [3.05, 3.63) is 35.4 Å². The number of hydrogen-bond donors (Lipinski definition) is 1. The standard InChI is InChI=1S/C26H43N/c1-25(2,3)21-11-7-19(8-12-21)20-9-15-23(16-10-20)27-24-17-13-22(14-18-24)26(4,5)6/h7-8,11-12,20,22-24,27H,9-10,13-18H2,1-6H3/t20-,22-,23-,24-. The average Bonchev–Trinajstić information content (AvgIpc) is 2.61. The topological polar surface area (TPSA) is 12.0 Å². The fraction of sp³-hybridized carbons (Fsp3) is 0.769. The first-order valence-corrected chi connectivity index (χ1v) is 11.5. The second-order valence-corrected chi connectivity index (χ2v) is 11.5. The molecule has 0 aromatic heterocycles. The Morgan fingerprint density at radius 2 is 1.15 bits per heavy atom. The van der Waals surface area contributed by atoms with Crippen LogP contribution in [0.25, 0.3) is 0 Å². The largest absolute Gasteiger partial charge is 0.311 e. The molecule has 2 fully saturated rings. The van der Waals surface area contributed by atoms with Gasteiger partial charge in [0.05, 0.1) is 0 Å². The molecule has 1 nitrogen and oxygen atoms in total. The first-order chi connectivity index (χ1) is 12.6. The molecule has 3 rings (SSSR count). The fourth-order valence-corrected chi connectivity index (χ4v) is 5.31. The van der Waals surface area contributed by atoms with E-state index in [0.717, 1.165) is 23.9 Å². The molecule has 0 spiro atoms. The van der Waals surface area contributed by atoms with Crippen molar-refractivity contribution >= 4 is 0 Å². The maximum absolute atomic E-state index is 4.03. The highest BCUT2D eigenvalue weighted by Crippen LogP contribution is 2.39. The Kier molecular flexibility index (Phi) is 6.41. The van der Waals surface area contributed by atoms with Crippen LogP contribution >= 0.6 is 0 Å². The first-order valence-electron chi connectivity index (χ1n) is 11.5. The van der Waals surface area contributed by atoms with Gasteiger partial charge in [0.1, 0.15) is 0 Å². The highest BCUT2D eigenvalue weighted by Gasteiger charge is 2.31. The van der Waals surface area contributed by atoms with Gasteiger partial charge in [-0.25, -0.2) is 0 Å². The second-order valence-electron chi connectivity index (χ2n) is 11.5. The van der Waals surface area contributed by atoms with E-state index in [4.69, 9.17) is 0 Å². The molecule has 0 aliphatic heterocycles. The quantitative estimate of drug-likeness (QED) is 0.593. The Morgan fingerprint density at radius 3 is 1.59 bits per heavy atom. The van der Waals surface area contributed by atoms with E-state index in [-0.39, 0.29) is 5.41 Å². The van der Waals surface area contributed by atoms with Crippen molar-refractivity contribution in [2.24, 2.45) is 11.3 Å². The van der Waals surface area contributed by atoms with Gasteiger partial charge in [-0.1, -0.05) is 65.8 Å². The van der Waals surface area contributed by atoms with Crippen molar-refractivity contribution in [1.29, 1.82) is 0 Å². The van der Waals surface area contributed by atoms with Crippen LogP contribution in [0.3, 0.4) is 0 Å². The van der Waals surface area contributed by atoms with Gasteiger partial charge in [0.25, 0.3) is 0 Å². The molecule has 1 heteroatoms. The van der Waals surface area contributed by atoms with Crippen molar-refractivity contribution in [2.75, 3.05) is 0 Å². The van der Waals surface area contributed by atoms with Gasteiger partial charge in [0.2, 0.25) is 0 Å². The molecule has 1 aromatic rings. The minimum Gasteiger partial charge on any atom is -0.311 e. The van der Waals surface area contributed by atoms with E-state index in [1.54, 1.807) is 5.56 Å². The Hall–Kier alpha value is -0.820. The lowest BCUT2D eigenvalue weighted by molar-refractivity contribution is 0.151. The van der Waals surface area contributed by atoms with Gasteiger partial charge in [-0.3, -0.25) is 0 Å². The highest BCUT2D eigenvalue weighted by molar-refractivity contribution is 5.29. The van der Waals surface area contributed by atoms with Gasteiger partial charge in [0, 0.05) is 12.1 Å². The summed E-state index contributed by atoms with van der Waals surface area (Å²) >= 11 is 0. The maximum atomic E-state index is 4.03. The molecule has 1 aromatic carbocycles. The Balaban J connectivity index is 1.44. The number of nitrogens with one attached hydrogen (secondary N) is 1. The maximum Gasteiger partial charge on any atom is 0.00700 e. The van der Waals surface area contributed by atoms with Gasteiger partial charge in [0.15, 0.2) is 0 Å². The lowest BCUT2D eigenvalue weighted by atomic mass is 9.71. The predicted octanol–water partition coefficient (Wildman–Crippen LogP) is 7.20. The van der Waals surface area contributed by atoms with Crippen molar-refractivity contribution in [2.45, 2.75) is 116 Å². The summed E-state index contributed by atoms with van der Waals surface area (Å²) in [5.41, 5.74) is 3.76. The molecule has 27 heavy (non-hydrogen) atoms. The smallest absolute Gasteiger partial charge is 0.00700 e. The summed E-state index contributed by atoms with van der Waals surface area (Å²) in [7, 11) is 0. The molecule has 0 saturated heterocycles. The molecule has 2 saturated carbocycles. The van der Waals surface area contributed by atoms with Crippen LogP contribution in [0, 0.1) is 11.3 Å². The molecule has 0 bridgehead atoms. The molecule has 0 amide bonds. The van der Waals surface area contributed by atoms with Crippen molar-refractivity contribution in [3.63, 3.8) is 0 Å². The molecular weight excluding hydrogens is 326 g/mol. The summed E-state index contributed by atoms with van der Waals surface area (Å²) in [6.07, 6.45) is 11.0. The molecule has 2 aliphatic rings. The molecule has 1 N–H and O–H groups in total. The van der Waals surface area contributed by atoms with Crippen molar-refractivity contribution in [3.8, 4) is 0 Å². The minimum atomic E-state index is 0.256. The van der Waals surface area contributed by atoms with Crippen molar-refractivity contribution in [1.82, 2.24) is 5.32 Å². The fourth-order valence-electron chi connectivity index (χ4n) is 5.31. The van der Waals surface area contributed by atoms with E-state index in [2.05, 4.69) is 71.1 Å². The lowest BCUT2D eigenvalue weighted by Crippen LogP contribution is -2.43. The van der Waals surface area contributed by atoms with E-state index in [1.807, 2.05) is 0 Å². The Bertz CT molecular complexity index is 570. The van der Waals surface area contributed by atoms with E-state index in [1.165, 1.54) is 56.9 Å². The lowest BCUT2D eigenvalue weighted by Gasteiger charge is -2.39. The minimum absolute atomic E-state index is 0.256. The Morgan fingerprint density at radius 1 is 0.667 bits per heavy atom. The zero-order valence-electron chi connectivity index (χ0n) is 18.8. The molecule has 0 unspecified atom stereocenters. The van der Waals surface area contributed by atoms with E-state index >= 15 is 0 Å². The third-order valence-electron chi connectivity index (χ3n) is 7.40. The van der Waals surface area contributed by atoms with Crippen molar-refractivity contribution < 1.29 is 0 Å². The zero-order chi connectivity index (χ0) is 19.7. The van der Waals surface area contributed by atoms with Gasteiger partial charge < -0.3 is 5.32 Å². The van der Waals surface area contributed by atoms with E-state index in [9.17, 15) is 0 Å².